The fraction of sp³-hybridized carbons (Fsp3) is 0.200. The molecule has 0 spiro atoms. The van der Waals surface area contributed by atoms with E-state index in [4.69, 9.17) is 11.6 Å². The van der Waals surface area contributed by atoms with Crippen LogP contribution in [0, 0.1) is 5.82 Å². The Kier molecular flexibility index (Phi) is 4.46. The summed E-state index contributed by atoms with van der Waals surface area (Å²) >= 11 is 5.53. The van der Waals surface area contributed by atoms with Crippen LogP contribution >= 0.6 is 11.6 Å². The second kappa shape index (κ2) is 5.43. The molecule has 0 amide bonds. The lowest BCUT2D eigenvalue weighted by atomic mass is 10.3. The second-order valence-corrected chi connectivity index (χ2v) is 5.22. The van der Waals surface area contributed by atoms with Gasteiger partial charge in [0.1, 0.15) is 10.7 Å². The molecule has 0 saturated carbocycles. The molecular formula is C10H11ClFNO2S. The molecule has 1 N–H and O–H groups in total. The van der Waals surface area contributed by atoms with Crippen molar-refractivity contribution in [1.82, 2.24) is 4.72 Å². The van der Waals surface area contributed by atoms with Crippen molar-refractivity contribution in [2.75, 3.05) is 6.54 Å². The van der Waals surface area contributed by atoms with Crippen molar-refractivity contribution in [3.63, 3.8) is 0 Å². The van der Waals surface area contributed by atoms with E-state index in [2.05, 4.69) is 11.3 Å². The number of benzene rings is 1. The average molecular weight is 264 g/mol. The summed E-state index contributed by atoms with van der Waals surface area (Å²) in [6.07, 6.45) is 2.05. The molecule has 0 aromatic heterocycles. The van der Waals surface area contributed by atoms with Gasteiger partial charge in [0.25, 0.3) is 0 Å². The molecule has 0 saturated heterocycles. The van der Waals surface area contributed by atoms with Gasteiger partial charge in [0.2, 0.25) is 10.0 Å². The van der Waals surface area contributed by atoms with Crippen LogP contribution in [0.1, 0.15) is 6.42 Å². The molecule has 0 atom stereocenters. The third-order valence-electron chi connectivity index (χ3n) is 1.82. The first kappa shape index (κ1) is 13.2. The molecule has 1 aromatic carbocycles. The minimum absolute atomic E-state index is 0.155. The molecule has 0 bridgehead atoms. The number of hydrogen-bond acceptors (Lipinski definition) is 2. The lowest BCUT2D eigenvalue weighted by Gasteiger charge is -2.06. The molecule has 0 heterocycles. The Hall–Kier alpha value is -0.910. The summed E-state index contributed by atoms with van der Waals surface area (Å²) in [5, 5.41) is 0.155. The van der Waals surface area contributed by atoms with E-state index in [9.17, 15) is 12.8 Å². The van der Waals surface area contributed by atoms with Crippen molar-refractivity contribution in [2.45, 2.75) is 11.3 Å². The quantitative estimate of drug-likeness (QED) is 0.655. The highest BCUT2D eigenvalue weighted by atomic mass is 35.5. The SMILES string of the molecule is C=CCCNS(=O)(=O)c1ccc(Cl)cc1F. The molecule has 3 nitrogen and oxygen atoms in total. The highest BCUT2D eigenvalue weighted by Crippen LogP contribution is 2.18. The fourth-order valence-electron chi connectivity index (χ4n) is 1.07. The predicted molar refractivity (Wildman–Crippen MR) is 61.4 cm³/mol. The Labute approximate surface area is 99.0 Å². The van der Waals surface area contributed by atoms with Gasteiger partial charge in [-0.3, -0.25) is 0 Å². The van der Waals surface area contributed by atoms with Gasteiger partial charge in [0.15, 0.2) is 0 Å². The molecule has 0 aliphatic rings. The maximum Gasteiger partial charge on any atom is 0.243 e. The fourth-order valence-corrected chi connectivity index (χ4v) is 2.33. The number of rotatable bonds is 5. The molecule has 1 rings (SSSR count). The van der Waals surface area contributed by atoms with Crippen LogP contribution in [-0.2, 0) is 10.0 Å². The van der Waals surface area contributed by atoms with Crippen LogP contribution in [0.15, 0.2) is 35.7 Å². The van der Waals surface area contributed by atoms with Crippen molar-refractivity contribution in [3.8, 4) is 0 Å². The smallest absolute Gasteiger partial charge is 0.211 e. The van der Waals surface area contributed by atoms with Crippen LogP contribution < -0.4 is 4.72 Å². The largest absolute Gasteiger partial charge is 0.243 e. The van der Waals surface area contributed by atoms with Crippen molar-refractivity contribution in [1.29, 1.82) is 0 Å². The lowest BCUT2D eigenvalue weighted by molar-refractivity contribution is 0.557. The minimum atomic E-state index is -3.81. The Morgan fingerprint density at radius 1 is 1.50 bits per heavy atom. The molecule has 88 valence electrons. The van der Waals surface area contributed by atoms with Gasteiger partial charge in [-0.15, -0.1) is 6.58 Å². The van der Waals surface area contributed by atoms with Crippen molar-refractivity contribution < 1.29 is 12.8 Å². The molecule has 0 fully saturated rings. The Balaban J connectivity index is 2.94. The van der Waals surface area contributed by atoms with Gasteiger partial charge >= 0.3 is 0 Å². The number of halogens is 2. The normalized spacial score (nSPS) is 11.4. The van der Waals surface area contributed by atoms with E-state index in [0.29, 0.717) is 6.42 Å². The maximum absolute atomic E-state index is 13.3. The van der Waals surface area contributed by atoms with Crippen LogP contribution in [0.2, 0.25) is 5.02 Å². The van der Waals surface area contributed by atoms with E-state index < -0.39 is 20.7 Å². The third kappa shape index (κ3) is 3.30. The van der Waals surface area contributed by atoms with Crippen LogP contribution in [0.4, 0.5) is 4.39 Å². The standard InChI is InChI=1S/C10H11ClFNO2S/c1-2-3-6-13-16(14,15)10-5-4-8(11)7-9(10)12/h2,4-5,7,13H,1,3,6H2. The highest BCUT2D eigenvalue weighted by molar-refractivity contribution is 7.89. The Bertz CT molecular complexity index is 488. The molecule has 0 aliphatic heterocycles. The summed E-state index contributed by atoms with van der Waals surface area (Å²) in [5.41, 5.74) is 0. The summed E-state index contributed by atoms with van der Waals surface area (Å²) in [6, 6.07) is 3.42. The van der Waals surface area contributed by atoms with Crippen molar-refractivity contribution >= 4 is 21.6 Å². The first-order chi connectivity index (χ1) is 7.47. The summed E-state index contributed by atoms with van der Waals surface area (Å²) in [6.45, 7) is 3.64. The Morgan fingerprint density at radius 2 is 2.19 bits per heavy atom. The van der Waals surface area contributed by atoms with Crippen molar-refractivity contribution in [2.24, 2.45) is 0 Å². The number of hydrogen-bond donors (Lipinski definition) is 1. The van der Waals surface area contributed by atoms with E-state index in [1.807, 2.05) is 0 Å². The molecule has 0 unspecified atom stereocenters. The summed E-state index contributed by atoms with van der Waals surface area (Å²) in [5.74, 6) is -0.862. The van der Waals surface area contributed by atoms with Gasteiger partial charge in [-0.25, -0.2) is 17.5 Å². The maximum atomic E-state index is 13.3. The molecule has 1 aromatic rings. The molecule has 6 heteroatoms. The van der Waals surface area contributed by atoms with E-state index in [1.54, 1.807) is 6.08 Å². The molecule has 16 heavy (non-hydrogen) atoms. The Morgan fingerprint density at radius 3 is 2.75 bits per heavy atom. The summed E-state index contributed by atoms with van der Waals surface area (Å²) in [7, 11) is -3.81. The van der Waals surface area contributed by atoms with Gasteiger partial charge in [0.05, 0.1) is 0 Å². The van der Waals surface area contributed by atoms with E-state index in [-0.39, 0.29) is 11.6 Å². The highest BCUT2D eigenvalue weighted by Gasteiger charge is 2.18. The minimum Gasteiger partial charge on any atom is -0.211 e. The van der Waals surface area contributed by atoms with Crippen LogP contribution in [0.25, 0.3) is 0 Å². The number of sulfonamides is 1. The van der Waals surface area contributed by atoms with Crippen LogP contribution in [-0.4, -0.2) is 15.0 Å². The van der Waals surface area contributed by atoms with E-state index in [1.165, 1.54) is 6.07 Å². The van der Waals surface area contributed by atoms with Gasteiger partial charge in [-0.1, -0.05) is 17.7 Å². The third-order valence-corrected chi connectivity index (χ3v) is 3.55. The van der Waals surface area contributed by atoms with E-state index in [0.717, 1.165) is 12.1 Å². The zero-order valence-corrected chi connectivity index (χ0v) is 9.98. The van der Waals surface area contributed by atoms with Crippen LogP contribution in [0.3, 0.4) is 0 Å². The molecule has 0 radical (unpaired) electrons. The van der Waals surface area contributed by atoms with Gasteiger partial charge in [-0.05, 0) is 24.6 Å². The summed E-state index contributed by atoms with van der Waals surface area (Å²) < 4.78 is 38.8. The first-order valence-electron chi connectivity index (χ1n) is 4.53. The van der Waals surface area contributed by atoms with Gasteiger partial charge in [-0.2, -0.15) is 0 Å². The van der Waals surface area contributed by atoms with Gasteiger partial charge < -0.3 is 0 Å². The number of nitrogens with one attached hydrogen (secondary N) is 1. The van der Waals surface area contributed by atoms with E-state index >= 15 is 0 Å². The lowest BCUT2D eigenvalue weighted by Crippen LogP contribution is -2.25. The predicted octanol–water partition coefficient (Wildman–Crippen LogP) is 2.33. The average Bonchev–Trinajstić information content (AvgIpc) is 2.17. The van der Waals surface area contributed by atoms with Gasteiger partial charge in [0, 0.05) is 11.6 Å². The van der Waals surface area contributed by atoms with Crippen molar-refractivity contribution in [3.05, 3.63) is 41.7 Å². The first-order valence-corrected chi connectivity index (χ1v) is 6.39. The molecule has 0 aliphatic carbocycles. The monoisotopic (exact) mass is 263 g/mol. The zero-order chi connectivity index (χ0) is 12.2. The topological polar surface area (TPSA) is 46.2 Å². The zero-order valence-electron chi connectivity index (χ0n) is 8.41. The summed E-state index contributed by atoms with van der Waals surface area (Å²) in [4.78, 5) is -0.402. The molecular weight excluding hydrogens is 253 g/mol. The second-order valence-electron chi connectivity index (χ2n) is 3.05. The van der Waals surface area contributed by atoms with Crippen LogP contribution in [0.5, 0.6) is 0 Å².